The fourth-order valence-corrected chi connectivity index (χ4v) is 6.23. The normalized spacial score (nSPS) is 11.8. The highest BCUT2D eigenvalue weighted by molar-refractivity contribution is 7.89. The minimum absolute atomic E-state index is 0.00945. The minimum Gasteiger partial charge on any atom is -0.479 e. The quantitative estimate of drug-likeness (QED) is 0.0393. The molecule has 0 unspecified atom stereocenters. The average molecular weight is 686 g/mol. The molecule has 0 radical (unpaired) electrons. The number of ether oxygens (including phenoxy) is 2. The molecule has 1 rings (SSSR count). The van der Waals surface area contributed by atoms with Crippen LogP contribution in [-0.2, 0) is 29.1 Å². The first-order valence-electron chi connectivity index (χ1n) is 17.5. The van der Waals surface area contributed by atoms with Gasteiger partial charge in [-0.1, -0.05) is 109 Å². The lowest BCUT2D eigenvalue weighted by Crippen LogP contribution is -2.39. The van der Waals surface area contributed by atoms with Crippen molar-refractivity contribution in [3.63, 3.8) is 0 Å². The summed E-state index contributed by atoms with van der Waals surface area (Å²) in [5.41, 5.74) is 0.256. The second-order valence-corrected chi connectivity index (χ2v) is 13.8. The Labute approximate surface area is 284 Å². The zero-order chi connectivity index (χ0) is 34.0. The molecule has 0 heterocycles. The molecule has 264 valence electrons. The second-order valence-electron chi connectivity index (χ2n) is 11.6. The number of rotatable bonds is 28. The Morgan fingerprint density at radius 1 is 0.783 bits per heavy atom. The van der Waals surface area contributed by atoms with Crippen LogP contribution in [-0.4, -0.2) is 58.0 Å². The second kappa shape index (κ2) is 25.7. The summed E-state index contributed by atoms with van der Waals surface area (Å²) >= 11 is 6.31. The van der Waals surface area contributed by atoms with E-state index in [9.17, 15) is 18.0 Å². The number of nitrogens with one attached hydrogen (secondary N) is 2. The standard InChI is InChI=1S/C35H60ClN3O6S/c1-5-9-11-12-13-14-15-16-17-18-19-20-21-22-34(40)39(26-10-6-2)27-25-37-46(42,43)30-23-24-31(36)32(28-30)38-33(44-7-3)29-35(41)45-8-4/h23-24,28-29,37-38H,5-22,25-27H2,1-4H3. The SMILES string of the molecule is CCCCCCCCCCCCCCCC(=O)N(CCCC)CCNS(=O)(=O)c1ccc(Cl)c(NC(=CC(=O)OCC)OCC)c1. The Balaban J connectivity index is 2.57. The van der Waals surface area contributed by atoms with Crippen molar-refractivity contribution in [2.75, 3.05) is 38.2 Å². The van der Waals surface area contributed by atoms with Crippen LogP contribution in [0.2, 0.25) is 5.02 Å². The number of sulfonamides is 1. The molecule has 0 aromatic heterocycles. The Bertz CT molecular complexity index is 1130. The van der Waals surface area contributed by atoms with Gasteiger partial charge in [0.05, 0.1) is 34.9 Å². The molecule has 11 heteroatoms. The number of halogens is 1. The first kappa shape index (κ1) is 41.7. The average Bonchev–Trinajstić information content (AvgIpc) is 3.02. The van der Waals surface area contributed by atoms with E-state index in [0.29, 0.717) is 19.5 Å². The molecule has 0 aliphatic heterocycles. The van der Waals surface area contributed by atoms with Gasteiger partial charge in [-0.2, -0.15) is 0 Å². The summed E-state index contributed by atoms with van der Waals surface area (Å²) in [4.78, 5) is 26.7. The van der Waals surface area contributed by atoms with Gasteiger partial charge in [0.15, 0.2) is 5.88 Å². The summed E-state index contributed by atoms with van der Waals surface area (Å²) in [6.45, 7) is 9.24. The van der Waals surface area contributed by atoms with Crippen molar-refractivity contribution >= 4 is 39.2 Å². The van der Waals surface area contributed by atoms with Gasteiger partial charge in [-0.3, -0.25) is 4.79 Å². The van der Waals surface area contributed by atoms with Gasteiger partial charge in [-0.05, 0) is 44.9 Å². The molecule has 1 aromatic carbocycles. The van der Waals surface area contributed by atoms with Crippen LogP contribution in [0.4, 0.5) is 5.69 Å². The Morgan fingerprint density at radius 2 is 1.35 bits per heavy atom. The summed E-state index contributed by atoms with van der Waals surface area (Å²) in [6, 6.07) is 4.23. The van der Waals surface area contributed by atoms with Crippen molar-refractivity contribution in [3.8, 4) is 0 Å². The number of amides is 1. The first-order chi connectivity index (χ1) is 22.2. The zero-order valence-corrected chi connectivity index (χ0v) is 30.4. The number of carbonyl (C=O) groups is 2. The summed E-state index contributed by atoms with van der Waals surface area (Å²) in [5, 5.41) is 3.12. The molecule has 1 amide bonds. The van der Waals surface area contributed by atoms with Gasteiger partial charge >= 0.3 is 5.97 Å². The molecule has 2 N–H and O–H groups in total. The van der Waals surface area contributed by atoms with E-state index >= 15 is 0 Å². The van der Waals surface area contributed by atoms with Crippen molar-refractivity contribution in [3.05, 3.63) is 35.2 Å². The molecular weight excluding hydrogens is 626 g/mol. The molecule has 0 atom stereocenters. The number of unbranched alkanes of at least 4 members (excludes halogenated alkanes) is 13. The predicted octanol–water partition coefficient (Wildman–Crippen LogP) is 8.58. The minimum atomic E-state index is -3.90. The van der Waals surface area contributed by atoms with Gasteiger partial charge in [0, 0.05) is 26.1 Å². The highest BCUT2D eigenvalue weighted by Crippen LogP contribution is 2.27. The van der Waals surface area contributed by atoms with Crippen LogP contribution in [0.5, 0.6) is 0 Å². The molecular formula is C35H60ClN3O6S. The molecule has 9 nitrogen and oxygen atoms in total. The number of esters is 1. The smallest absolute Gasteiger partial charge is 0.336 e. The molecule has 0 aliphatic carbocycles. The van der Waals surface area contributed by atoms with Gasteiger partial charge in [0.25, 0.3) is 0 Å². The van der Waals surface area contributed by atoms with Crippen LogP contribution in [0.1, 0.15) is 130 Å². The maximum Gasteiger partial charge on any atom is 0.336 e. The van der Waals surface area contributed by atoms with E-state index in [2.05, 4.69) is 23.9 Å². The van der Waals surface area contributed by atoms with Crippen molar-refractivity contribution in [1.82, 2.24) is 9.62 Å². The third-order valence-electron chi connectivity index (χ3n) is 7.64. The largest absolute Gasteiger partial charge is 0.479 e. The monoisotopic (exact) mass is 685 g/mol. The maximum absolute atomic E-state index is 13.1. The molecule has 46 heavy (non-hydrogen) atoms. The number of hydrogen-bond acceptors (Lipinski definition) is 7. The van der Waals surface area contributed by atoms with Gasteiger partial charge in [0.2, 0.25) is 15.9 Å². The fourth-order valence-electron chi connectivity index (χ4n) is 5.02. The Kier molecular flexibility index (Phi) is 23.4. The number of anilines is 1. The van der Waals surface area contributed by atoms with Crippen LogP contribution >= 0.6 is 11.6 Å². The third kappa shape index (κ3) is 18.7. The van der Waals surface area contributed by atoms with Gasteiger partial charge in [-0.25, -0.2) is 17.9 Å². The first-order valence-corrected chi connectivity index (χ1v) is 19.4. The van der Waals surface area contributed by atoms with Crippen molar-refractivity contribution in [1.29, 1.82) is 0 Å². The van der Waals surface area contributed by atoms with Gasteiger partial charge < -0.3 is 19.7 Å². The van der Waals surface area contributed by atoms with Crippen LogP contribution < -0.4 is 10.0 Å². The van der Waals surface area contributed by atoms with E-state index < -0.39 is 16.0 Å². The van der Waals surface area contributed by atoms with Gasteiger partial charge in [0.1, 0.15) is 0 Å². The van der Waals surface area contributed by atoms with E-state index in [-0.39, 0.29) is 47.2 Å². The molecule has 0 bridgehead atoms. The lowest BCUT2D eigenvalue weighted by Gasteiger charge is -2.23. The predicted molar refractivity (Wildman–Crippen MR) is 188 cm³/mol. The molecule has 0 saturated carbocycles. The third-order valence-corrected chi connectivity index (χ3v) is 9.43. The van der Waals surface area contributed by atoms with E-state index in [0.717, 1.165) is 38.2 Å². The summed E-state index contributed by atoms with van der Waals surface area (Å²) in [5.74, 6) is -0.444. The molecule has 0 saturated heterocycles. The van der Waals surface area contributed by atoms with Crippen molar-refractivity contribution in [2.45, 2.75) is 135 Å². The number of benzene rings is 1. The number of carbonyl (C=O) groups excluding carboxylic acids is 2. The summed E-state index contributed by atoms with van der Waals surface area (Å²) < 4.78 is 39.3. The summed E-state index contributed by atoms with van der Waals surface area (Å²) in [6.07, 6.45) is 19.8. The van der Waals surface area contributed by atoms with Crippen LogP contribution in [0.15, 0.2) is 35.1 Å². The highest BCUT2D eigenvalue weighted by atomic mass is 35.5. The van der Waals surface area contributed by atoms with Gasteiger partial charge in [-0.15, -0.1) is 0 Å². The van der Waals surface area contributed by atoms with E-state index in [1.807, 2.05) is 0 Å². The lowest BCUT2D eigenvalue weighted by atomic mass is 10.0. The van der Waals surface area contributed by atoms with Crippen molar-refractivity contribution < 1.29 is 27.5 Å². The maximum atomic E-state index is 13.1. The molecule has 0 fully saturated rings. The van der Waals surface area contributed by atoms with E-state index in [1.165, 1.54) is 82.4 Å². The molecule has 0 aliphatic rings. The van der Waals surface area contributed by atoms with Crippen LogP contribution in [0.25, 0.3) is 0 Å². The van der Waals surface area contributed by atoms with Crippen LogP contribution in [0, 0.1) is 0 Å². The summed E-state index contributed by atoms with van der Waals surface area (Å²) in [7, 11) is -3.90. The molecule has 0 spiro atoms. The lowest BCUT2D eigenvalue weighted by molar-refractivity contribution is -0.137. The van der Waals surface area contributed by atoms with E-state index in [1.54, 1.807) is 18.7 Å². The zero-order valence-electron chi connectivity index (χ0n) is 28.8. The number of hydrogen-bond donors (Lipinski definition) is 2. The Morgan fingerprint density at radius 3 is 1.91 bits per heavy atom. The highest BCUT2D eigenvalue weighted by Gasteiger charge is 2.19. The van der Waals surface area contributed by atoms with Crippen LogP contribution in [0.3, 0.4) is 0 Å². The van der Waals surface area contributed by atoms with E-state index in [4.69, 9.17) is 21.1 Å². The molecule has 1 aromatic rings. The topological polar surface area (TPSA) is 114 Å². The fraction of sp³-hybridized carbons (Fsp3) is 0.714. The Hall–Kier alpha value is -2.30. The number of nitrogens with zero attached hydrogens (tertiary/aromatic N) is 1. The van der Waals surface area contributed by atoms with Crippen molar-refractivity contribution in [2.24, 2.45) is 0 Å².